The van der Waals surface area contributed by atoms with Gasteiger partial charge >= 0.3 is 0 Å². The number of anilines is 1. The standard InChI is InChI=1S/C14H17NO2S/c1-10-6-7-12(17-10)14(16)15-8-9-18-13-5-3-2-4-11(13)15/h2-5,10,12H,6-9H2,1H3. The fourth-order valence-corrected chi connectivity index (χ4v) is 3.55. The summed E-state index contributed by atoms with van der Waals surface area (Å²) in [5.74, 6) is 1.09. The topological polar surface area (TPSA) is 29.5 Å². The highest BCUT2D eigenvalue weighted by Gasteiger charge is 2.33. The molecule has 96 valence electrons. The maximum atomic E-state index is 12.5. The highest BCUT2D eigenvalue weighted by molar-refractivity contribution is 7.99. The van der Waals surface area contributed by atoms with Crippen LogP contribution in [0.1, 0.15) is 19.8 Å². The molecule has 2 heterocycles. The van der Waals surface area contributed by atoms with Crippen molar-refractivity contribution in [3.8, 4) is 0 Å². The molecule has 3 rings (SSSR count). The number of hydrogen-bond donors (Lipinski definition) is 0. The Labute approximate surface area is 111 Å². The Morgan fingerprint density at radius 3 is 3.00 bits per heavy atom. The van der Waals surface area contributed by atoms with Gasteiger partial charge in [-0.3, -0.25) is 4.79 Å². The number of benzene rings is 1. The third-order valence-corrected chi connectivity index (χ3v) is 4.54. The van der Waals surface area contributed by atoms with Crippen LogP contribution in [-0.4, -0.2) is 30.4 Å². The molecule has 2 aliphatic rings. The number of hydrogen-bond acceptors (Lipinski definition) is 3. The normalized spacial score (nSPS) is 27.1. The first-order chi connectivity index (χ1) is 8.75. The summed E-state index contributed by atoms with van der Waals surface area (Å²) in [6.45, 7) is 2.82. The van der Waals surface area contributed by atoms with E-state index in [9.17, 15) is 4.79 Å². The molecule has 4 heteroatoms. The second kappa shape index (κ2) is 4.94. The zero-order chi connectivity index (χ0) is 12.5. The van der Waals surface area contributed by atoms with E-state index in [0.717, 1.165) is 30.8 Å². The molecule has 2 aliphatic heterocycles. The minimum absolute atomic E-state index is 0.132. The van der Waals surface area contributed by atoms with Crippen LogP contribution in [0.2, 0.25) is 0 Å². The molecule has 0 spiro atoms. The predicted octanol–water partition coefficient (Wildman–Crippen LogP) is 2.69. The average molecular weight is 263 g/mol. The molecule has 0 bridgehead atoms. The lowest BCUT2D eigenvalue weighted by Crippen LogP contribution is -2.42. The first-order valence-corrected chi connectivity index (χ1v) is 7.43. The lowest BCUT2D eigenvalue weighted by atomic mass is 10.1. The summed E-state index contributed by atoms with van der Waals surface area (Å²) in [7, 11) is 0. The fourth-order valence-electron chi connectivity index (χ4n) is 2.56. The number of amides is 1. The van der Waals surface area contributed by atoms with Crippen molar-refractivity contribution >= 4 is 23.4 Å². The number of nitrogens with zero attached hydrogens (tertiary/aromatic N) is 1. The Kier molecular flexibility index (Phi) is 3.31. The van der Waals surface area contributed by atoms with Gasteiger partial charge in [0, 0.05) is 17.2 Å². The Hall–Kier alpha value is -1.00. The van der Waals surface area contributed by atoms with E-state index in [1.165, 1.54) is 4.90 Å². The molecule has 3 nitrogen and oxygen atoms in total. The zero-order valence-electron chi connectivity index (χ0n) is 10.5. The van der Waals surface area contributed by atoms with E-state index < -0.39 is 0 Å². The lowest BCUT2D eigenvalue weighted by molar-refractivity contribution is -0.128. The van der Waals surface area contributed by atoms with Gasteiger partial charge in [-0.25, -0.2) is 0 Å². The lowest BCUT2D eigenvalue weighted by Gasteiger charge is -2.30. The summed E-state index contributed by atoms with van der Waals surface area (Å²) in [5.41, 5.74) is 1.04. The number of para-hydroxylation sites is 1. The second-order valence-corrected chi connectivity index (χ2v) is 5.96. The number of carbonyl (C=O) groups excluding carboxylic acids is 1. The van der Waals surface area contributed by atoms with E-state index in [2.05, 4.69) is 6.07 Å². The molecule has 0 radical (unpaired) electrons. The minimum Gasteiger partial charge on any atom is -0.365 e. The van der Waals surface area contributed by atoms with E-state index in [-0.39, 0.29) is 18.1 Å². The highest BCUT2D eigenvalue weighted by Crippen LogP contribution is 2.35. The predicted molar refractivity (Wildman–Crippen MR) is 73.1 cm³/mol. The van der Waals surface area contributed by atoms with E-state index in [4.69, 9.17) is 4.74 Å². The van der Waals surface area contributed by atoms with E-state index in [0.29, 0.717) is 0 Å². The molecule has 2 unspecified atom stereocenters. The van der Waals surface area contributed by atoms with Gasteiger partial charge < -0.3 is 9.64 Å². The Balaban J connectivity index is 1.83. The van der Waals surface area contributed by atoms with Crippen LogP contribution in [0.15, 0.2) is 29.2 Å². The highest BCUT2D eigenvalue weighted by atomic mass is 32.2. The van der Waals surface area contributed by atoms with Gasteiger partial charge in [-0.05, 0) is 31.9 Å². The number of rotatable bonds is 1. The number of fused-ring (bicyclic) bond motifs is 1. The van der Waals surface area contributed by atoms with Gasteiger partial charge in [0.05, 0.1) is 11.8 Å². The first kappa shape index (κ1) is 12.1. The van der Waals surface area contributed by atoms with Crippen molar-refractivity contribution in [1.29, 1.82) is 0 Å². The molecule has 2 atom stereocenters. The van der Waals surface area contributed by atoms with Gasteiger partial charge in [-0.2, -0.15) is 0 Å². The fraction of sp³-hybridized carbons (Fsp3) is 0.500. The third-order valence-electron chi connectivity index (χ3n) is 3.50. The van der Waals surface area contributed by atoms with Crippen molar-refractivity contribution < 1.29 is 9.53 Å². The third kappa shape index (κ3) is 2.15. The van der Waals surface area contributed by atoms with Crippen LogP contribution in [0.25, 0.3) is 0 Å². The summed E-state index contributed by atoms with van der Waals surface area (Å²) in [5, 5.41) is 0. The summed E-state index contributed by atoms with van der Waals surface area (Å²) in [6.07, 6.45) is 1.82. The molecular weight excluding hydrogens is 246 g/mol. The smallest absolute Gasteiger partial charge is 0.256 e. The van der Waals surface area contributed by atoms with Crippen molar-refractivity contribution in [3.05, 3.63) is 24.3 Å². The maximum absolute atomic E-state index is 12.5. The van der Waals surface area contributed by atoms with E-state index in [1.54, 1.807) is 0 Å². The van der Waals surface area contributed by atoms with Crippen LogP contribution in [0, 0.1) is 0 Å². The van der Waals surface area contributed by atoms with Crippen molar-refractivity contribution in [1.82, 2.24) is 0 Å². The summed E-state index contributed by atoms with van der Waals surface area (Å²) >= 11 is 1.82. The molecule has 1 saturated heterocycles. The number of carbonyl (C=O) groups is 1. The van der Waals surface area contributed by atoms with Gasteiger partial charge in [-0.1, -0.05) is 12.1 Å². The number of thioether (sulfide) groups is 1. The van der Waals surface area contributed by atoms with Crippen LogP contribution >= 0.6 is 11.8 Å². The van der Waals surface area contributed by atoms with Crippen molar-refractivity contribution in [3.63, 3.8) is 0 Å². The van der Waals surface area contributed by atoms with Crippen molar-refractivity contribution in [2.24, 2.45) is 0 Å². The molecule has 1 aromatic carbocycles. The Bertz CT molecular complexity index is 463. The first-order valence-electron chi connectivity index (χ1n) is 6.44. The second-order valence-electron chi connectivity index (χ2n) is 4.82. The van der Waals surface area contributed by atoms with Gasteiger partial charge in [0.15, 0.2) is 0 Å². The van der Waals surface area contributed by atoms with Crippen LogP contribution in [0.3, 0.4) is 0 Å². The zero-order valence-corrected chi connectivity index (χ0v) is 11.3. The van der Waals surface area contributed by atoms with Crippen molar-refractivity contribution in [2.45, 2.75) is 36.9 Å². The number of ether oxygens (including phenoxy) is 1. The molecule has 1 amide bonds. The SMILES string of the molecule is CC1CCC(C(=O)N2CCSc3ccccc32)O1. The summed E-state index contributed by atoms with van der Waals surface area (Å²) < 4.78 is 5.69. The molecule has 0 saturated carbocycles. The maximum Gasteiger partial charge on any atom is 0.256 e. The Morgan fingerprint density at radius 2 is 2.22 bits per heavy atom. The van der Waals surface area contributed by atoms with Crippen molar-refractivity contribution in [2.75, 3.05) is 17.2 Å². The van der Waals surface area contributed by atoms with Gasteiger partial charge in [0.2, 0.25) is 0 Å². The molecule has 1 aromatic rings. The van der Waals surface area contributed by atoms with E-state index in [1.807, 2.05) is 41.8 Å². The largest absolute Gasteiger partial charge is 0.365 e. The Morgan fingerprint density at radius 1 is 1.39 bits per heavy atom. The minimum atomic E-state index is -0.240. The molecule has 18 heavy (non-hydrogen) atoms. The van der Waals surface area contributed by atoms with Gasteiger partial charge in [0.1, 0.15) is 6.10 Å². The van der Waals surface area contributed by atoms with Crippen LogP contribution in [0.5, 0.6) is 0 Å². The molecule has 0 aliphatic carbocycles. The quantitative estimate of drug-likeness (QED) is 0.780. The van der Waals surface area contributed by atoms with Crippen LogP contribution < -0.4 is 4.90 Å². The molecule has 1 fully saturated rings. The van der Waals surface area contributed by atoms with Crippen LogP contribution in [0.4, 0.5) is 5.69 Å². The van der Waals surface area contributed by atoms with Gasteiger partial charge in [-0.15, -0.1) is 11.8 Å². The average Bonchev–Trinajstić information content (AvgIpc) is 2.84. The summed E-state index contributed by atoms with van der Waals surface area (Å²) in [4.78, 5) is 15.6. The van der Waals surface area contributed by atoms with Crippen LogP contribution in [-0.2, 0) is 9.53 Å². The molecule has 0 N–H and O–H groups in total. The van der Waals surface area contributed by atoms with E-state index >= 15 is 0 Å². The monoisotopic (exact) mass is 263 g/mol. The summed E-state index contributed by atoms with van der Waals surface area (Å²) in [6, 6.07) is 8.12. The van der Waals surface area contributed by atoms with Gasteiger partial charge in [0.25, 0.3) is 5.91 Å². The molecule has 0 aromatic heterocycles. The molecular formula is C14H17NO2S.